The number of hydrogen-bond acceptors (Lipinski definition) is 3. The first-order valence-corrected chi connectivity index (χ1v) is 7.84. The van der Waals surface area contributed by atoms with Gasteiger partial charge in [-0.05, 0) is 61.8 Å². The van der Waals surface area contributed by atoms with Crippen LogP contribution in [0.5, 0.6) is 11.5 Å². The van der Waals surface area contributed by atoms with Gasteiger partial charge in [-0.1, -0.05) is 6.07 Å². The molecule has 114 valence electrons. The van der Waals surface area contributed by atoms with Gasteiger partial charge < -0.3 is 15.4 Å². The predicted octanol–water partition coefficient (Wildman–Crippen LogP) is 3.88. The average molecular weight is 298 g/mol. The molecule has 0 bridgehead atoms. The highest BCUT2D eigenvalue weighted by Crippen LogP contribution is 2.42. The third-order valence-electron chi connectivity index (χ3n) is 4.56. The van der Waals surface area contributed by atoms with Crippen LogP contribution >= 0.6 is 0 Å². The Hall–Kier alpha value is -2.07. The largest absolute Gasteiger partial charge is 0.457 e. The van der Waals surface area contributed by atoms with Crippen LogP contribution in [0.1, 0.15) is 24.3 Å². The number of nitrogens with one attached hydrogen (secondary N) is 2. The summed E-state index contributed by atoms with van der Waals surface area (Å²) < 4.78 is 18.8. The Labute approximate surface area is 129 Å². The molecule has 0 aromatic heterocycles. The zero-order valence-electron chi connectivity index (χ0n) is 12.3. The second kappa shape index (κ2) is 5.61. The zero-order chi connectivity index (χ0) is 14.9. The Balaban J connectivity index is 1.56. The fraction of sp³-hybridized carbons (Fsp3) is 0.333. The Kier molecular flexibility index (Phi) is 3.47. The molecule has 2 heterocycles. The van der Waals surface area contributed by atoms with Crippen molar-refractivity contribution < 1.29 is 9.13 Å². The van der Waals surface area contributed by atoms with Crippen molar-refractivity contribution >= 4 is 5.69 Å². The Morgan fingerprint density at radius 3 is 2.59 bits per heavy atom. The Morgan fingerprint density at radius 2 is 1.73 bits per heavy atom. The summed E-state index contributed by atoms with van der Waals surface area (Å²) in [4.78, 5) is 0. The summed E-state index contributed by atoms with van der Waals surface area (Å²) in [5, 5.41) is 7.09. The minimum absolute atomic E-state index is 0.253. The highest BCUT2D eigenvalue weighted by atomic mass is 19.1. The summed E-state index contributed by atoms with van der Waals surface area (Å²) >= 11 is 0. The molecule has 0 radical (unpaired) electrons. The van der Waals surface area contributed by atoms with Crippen LogP contribution in [-0.4, -0.2) is 19.1 Å². The molecule has 2 aliphatic heterocycles. The number of benzene rings is 2. The lowest BCUT2D eigenvalue weighted by Crippen LogP contribution is -2.21. The summed E-state index contributed by atoms with van der Waals surface area (Å²) in [5.41, 5.74) is 2.57. The molecule has 4 heteroatoms. The smallest absolute Gasteiger partial charge is 0.129 e. The topological polar surface area (TPSA) is 33.3 Å². The molecule has 4 rings (SSSR count). The molecule has 2 unspecified atom stereocenters. The van der Waals surface area contributed by atoms with Gasteiger partial charge in [0.05, 0.1) is 0 Å². The van der Waals surface area contributed by atoms with Gasteiger partial charge in [0.25, 0.3) is 0 Å². The number of anilines is 1. The van der Waals surface area contributed by atoms with Crippen LogP contribution in [-0.2, 0) is 0 Å². The maximum atomic E-state index is 12.9. The lowest BCUT2D eigenvalue weighted by molar-refractivity contribution is 0.480. The van der Waals surface area contributed by atoms with Crippen LogP contribution in [0.4, 0.5) is 10.1 Å². The summed E-state index contributed by atoms with van der Waals surface area (Å²) in [6, 6.07) is 12.9. The van der Waals surface area contributed by atoms with Crippen LogP contribution in [0.25, 0.3) is 0 Å². The SMILES string of the molecule is Fc1ccc(Oc2ccc3c(c2)NC2CCNCCC32)cc1. The molecule has 22 heavy (non-hydrogen) atoms. The first-order valence-electron chi connectivity index (χ1n) is 7.84. The third kappa shape index (κ3) is 2.55. The summed E-state index contributed by atoms with van der Waals surface area (Å²) in [6.07, 6.45) is 2.32. The minimum Gasteiger partial charge on any atom is -0.457 e. The van der Waals surface area contributed by atoms with Gasteiger partial charge in [0.1, 0.15) is 17.3 Å². The molecule has 1 fully saturated rings. The fourth-order valence-electron chi connectivity index (χ4n) is 3.47. The Morgan fingerprint density at radius 1 is 0.955 bits per heavy atom. The highest BCUT2D eigenvalue weighted by Gasteiger charge is 2.32. The van der Waals surface area contributed by atoms with Crippen molar-refractivity contribution in [1.29, 1.82) is 0 Å². The zero-order valence-corrected chi connectivity index (χ0v) is 12.3. The molecular formula is C18H19FN2O. The van der Waals surface area contributed by atoms with Crippen molar-refractivity contribution in [1.82, 2.24) is 5.32 Å². The van der Waals surface area contributed by atoms with Crippen molar-refractivity contribution in [3.63, 3.8) is 0 Å². The van der Waals surface area contributed by atoms with E-state index < -0.39 is 0 Å². The van der Waals surface area contributed by atoms with Crippen molar-refractivity contribution in [3.05, 3.63) is 53.8 Å². The summed E-state index contributed by atoms with van der Waals surface area (Å²) in [7, 11) is 0. The molecule has 2 aliphatic rings. The maximum absolute atomic E-state index is 12.9. The third-order valence-corrected chi connectivity index (χ3v) is 4.56. The lowest BCUT2D eigenvalue weighted by atomic mass is 9.91. The van der Waals surface area contributed by atoms with Gasteiger partial charge >= 0.3 is 0 Å². The van der Waals surface area contributed by atoms with Gasteiger partial charge in [0.2, 0.25) is 0 Å². The molecule has 2 atom stereocenters. The molecule has 2 aromatic rings. The second-order valence-electron chi connectivity index (χ2n) is 5.99. The van der Waals surface area contributed by atoms with E-state index >= 15 is 0 Å². The van der Waals surface area contributed by atoms with E-state index in [0.29, 0.717) is 17.7 Å². The minimum atomic E-state index is -0.253. The standard InChI is InChI=1S/C18H19FN2O/c19-12-1-3-13(4-2-12)22-14-5-6-15-16-7-9-20-10-8-17(16)21-18(15)11-14/h1-6,11,16-17,20-21H,7-10H2. The van der Waals surface area contributed by atoms with Crippen LogP contribution in [0.15, 0.2) is 42.5 Å². The number of hydrogen-bond donors (Lipinski definition) is 2. The summed E-state index contributed by atoms with van der Waals surface area (Å²) in [5.74, 6) is 1.77. The van der Waals surface area contributed by atoms with E-state index in [1.54, 1.807) is 12.1 Å². The molecule has 0 amide bonds. The first kappa shape index (κ1) is 13.6. The number of halogens is 1. The van der Waals surface area contributed by atoms with Gasteiger partial charge in [-0.25, -0.2) is 4.39 Å². The number of fused-ring (bicyclic) bond motifs is 3. The summed E-state index contributed by atoms with van der Waals surface area (Å²) in [6.45, 7) is 2.15. The number of rotatable bonds is 2. The van der Waals surface area contributed by atoms with E-state index in [1.165, 1.54) is 29.8 Å². The van der Waals surface area contributed by atoms with Crippen LogP contribution in [0.3, 0.4) is 0 Å². The first-order chi connectivity index (χ1) is 10.8. The molecule has 0 spiro atoms. The molecule has 1 saturated heterocycles. The van der Waals surface area contributed by atoms with E-state index in [2.05, 4.69) is 22.8 Å². The predicted molar refractivity (Wildman–Crippen MR) is 85.2 cm³/mol. The van der Waals surface area contributed by atoms with Crippen molar-refractivity contribution in [2.24, 2.45) is 0 Å². The van der Waals surface area contributed by atoms with Gasteiger partial charge in [-0.15, -0.1) is 0 Å². The Bertz CT molecular complexity index is 671. The normalized spacial score (nSPS) is 23.1. The van der Waals surface area contributed by atoms with Gasteiger partial charge in [-0.2, -0.15) is 0 Å². The van der Waals surface area contributed by atoms with E-state index in [9.17, 15) is 4.39 Å². The maximum Gasteiger partial charge on any atom is 0.129 e. The average Bonchev–Trinajstić information content (AvgIpc) is 2.70. The van der Waals surface area contributed by atoms with Gasteiger partial charge in [0.15, 0.2) is 0 Å². The van der Waals surface area contributed by atoms with Crippen molar-refractivity contribution in [2.75, 3.05) is 18.4 Å². The second-order valence-corrected chi connectivity index (χ2v) is 5.99. The van der Waals surface area contributed by atoms with Crippen LogP contribution in [0, 0.1) is 5.82 Å². The van der Waals surface area contributed by atoms with E-state index in [0.717, 1.165) is 25.3 Å². The van der Waals surface area contributed by atoms with Gasteiger partial charge in [-0.3, -0.25) is 0 Å². The lowest BCUT2D eigenvalue weighted by Gasteiger charge is -2.15. The fourth-order valence-corrected chi connectivity index (χ4v) is 3.47. The number of ether oxygens (including phenoxy) is 1. The van der Waals surface area contributed by atoms with Crippen molar-refractivity contribution in [2.45, 2.75) is 24.8 Å². The van der Waals surface area contributed by atoms with Gasteiger partial charge in [0, 0.05) is 23.7 Å². The molecule has 0 saturated carbocycles. The van der Waals surface area contributed by atoms with E-state index in [4.69, 9.17) is 4.74 Å². The van der Waals surface area contributed by atoms with Crippen LogP contribution in [0.2, 0.25) is 0 Å². The molecular weight excluding hydrogens is 279 g/mol. The molecule has 0 aliphatic carbocycles. The monoisotopic (exact) mass is 298 g/mol. The highest BCUT2D eigenvalue weighted by molar-refractivity contribution is 5.62. The molecule has 2 N–H and O–H groups in total. The van der Waals surface area contributed by atoms with Crippen LogP contribution < -0.4 is 15.4 Å². The quantitative estimate of drug-likeness (QED) is 0.883. The molecule has 2 aromatic carbocycles. The van der Waals surface area contributed by atoms with Crippen molar-refractivity contribution in [3.8, 4) is 11.5 Å². The molecule has 3 nitrogen and oxygen atoms in total. The van der Waals surface area contributed by atoms with E-state index in [1.807, 2.05) is 6.07 Å². The van der Waals surface area contributed by atoms with E-state index in [-0.39, 0.29) is 5.82 Å².